The number of carbonyl (C=O) groups excluding carboxylic acids is 2. The molecule has 42 heavy (non-hydrogen) atoms. The fourth-order valence-corrected chi connectivity index (χ4v) is 5.23. The third-order valence-electron chi connectivity index (χ3n) is 6.52. The van der Waals surface area contributed by atoms with Crippen molar-refractivity contribution in [2.45, 2.75) is 31.6 Å². The summed E-state index contributed by atoms with van der Waals surface area (Å²) in [5, 5.41) is 3.43. The number of aromatic nitrogens is 2. The molecule has 8 nitrogen and oxygen atoms in total. The molecular weight excluding hydrogens is 553 g/mol. The third kappa shape index (κ3) is 8.07. The molecule has 218 valence electrons. The minimum absolute atomic E-state index is 0.00154. The van der Waals surface area contributed by atoms with E-state index in [1.807, 2.05) is 63.2 Å². The van der Waals surface area contributed by atoms with Crippen LogP contribution in [0.4, 0.5) is 15.8 Å². The fourth-order valence-electron chi connectivity index (χ4n) is 4.39. The van der Waals surface area contributed by atoms with Crippen molar-refractivity contribution in [1.82, 2.24) is 14.9 Å². The van der Waals surface area contributed by atoms with Crippen LogP contribution in [0.25, 0.3) is 0 Å². The van der Waals surface area contributed by atoms with Crippen LogP contribution in [-0.4, -0.2) is 53.6 Å². The molecular formula is C32H34FN5O3S. The minimum atomic E-state index is -1.05. The van der Waals surface area contributed by atoms with Crippen molar-refractivity contribution in [3.8, 4) is 5.75 Å². The Labute approximate surface area is 249 Å². The molecule has 1 heterocycles. The van der Waals surface area contributed by atoms with E-state index in [1.165, 1.54) is 40.9 Å². The molecule has 0 radical (unpaired) electrons. The van der Waals surface area contributed by atoms with Gasteiger partial charge in [0.25, 0.3) is 5.91 Å². The highest BCUT2D eigenvalue weighted by Gasteiger charge is 2.32. The second-order valence-electron chi connectivity index (χ2n) is 9.98. The van der Waals surface area contributed by atoms with Crippen molar-refractivity contribution in [2.24, 2.45) is 0 Å². The van der Waals surface area contributed by atoms with Gasteiger partial charge in [0, 0.05) is 43.4 Å². The molecule has 0 aliphatic rings. The van der Waals surface area contributed by atoms with Crippen LogP contribution in [0, 0.1) is 19.7 Å². The number of ether oxygens (including phenoxy) is 1. The number of nitrogens with one attached hydrogen (secondary N) is 1. The van der Waals surface area contributed by atoms with Gasteiger partial charge in [-0.2, -0.15) is 0 Å². The summed E-state index contributed by atoms with van der Waals surface area (Å²) in [6.07, 6.45) is 0. The molecule has 1 atom stereocenters. The SMILES string of the molecule is COc1ccc(CN(C(=O)CSc2nc(C)cc(C)n2)[C@H](C(=O)Nc2ccc(N(C)C)cc2)c2ccc(F)cc2)cc1. The van der Waals surface area contributed by atoms with Crippen molar-refractivity contribution in [3.63, 3.8) is 0 Å². The van der Waals surface area contributed by atoms with Crippen LogP contribution in [0.2, 0.25) is 0 Å². The first-order valence-corrected chi connectivity index (χ1v) is 14.3. The lowest BCUT2D eigenvalue weighted by Gasteiger charge is -2.31. The predicted molar refractivity (Wildman–Crippen MR) is 164 cm³/mol. The Balaban J connectivity index is 1.69. The van der Waals surface area contributed by atoms with E-state index in [2.05, 4.69) is 15.3 Å². The molecule has 3 aromatic carbocycles. The minimum Gasteiger partial charge on any atom is -0.497 e. The van der Waals surface area contributed by atoms with Crippen LogP contribution < -0.4 is 15.0 Å². The maximum atomic E-state index is 14.0. The van der Waals surface area contributed by atoms with Crippen LogP contribution in [-0.2, 0) is 16.1 Å². The standard InChI is InChI=1S/C32H34FN5O3S/c1-21-18-22(2)35-32(34-21)42-20-29(39)38(19-23-6-16-28(41-5)17-7-23)30(24-8-10-25(33)11-9-24)31(40)36-26-12-14-27(15-13-26)37(3)4/h6-18,30H,19-20H2,1-5H3,(H,36,40)/t30-/m0/s1. The third-order valence-corrected chi connectivity index (χ3v) is 7.35. The smallest absolute Gasteiger partial charge is 0.251 e. The Kier molecular flexibility index (Phi) is 10.1. The zero-order valence-corrected chi connectivity index (χ0v) is 25.1. The Morgan fingerprint density at radius 1 is 0.929 bits per heavy atom. The van der Waals surface area contributed by atoms with Gasteiger partial charge in [-0.3, -0.25) is 9.59 Å². The molecule has 0 aliphatic carbocycles. The molecule has 0 saturated carbocycles. The van der Waals surface area contributed by atoms with E-state index in [0.717, 1.165) is 22.6 Å². The summed E-state index contributed by atoms with van der Waals surface area (Å²) in [7, 11) is 5.45. The zero-order valence-electron chi connectivity index (χ0n) is 24.3. The number of carbonyl (C=O) groups is 2. The van der Waals surface area contributed by atoms with Crippen molar-refractivity contribution >= 4 is 35.0 Å². The maximum absolute atomic E-state index is 14.0. The van der Waals surface area contributed by atoms with Gasteiger partial charge in [0.15, 0.2) is 5.16 Å². The van der Waals surface area contributed by atoms with Gasteiger partial charge < -0.3 is 19.9 Å². The molecule has 1 N–H and O–H groups in total. The molecule has 4 aromatic rings. The first kappa shape index (κ1) is 30.5. The number of amides is 2. The van der Waals surface area contributed by atoms with Crippen LogP contribution in [0.1, 0.15) is 28.6 Å². The molecule has 0 fully saturated rings. The molecule has 2 amide bonds. The van der Waals surface area contributed by atoms with Crippen LogP contribution in [0.15, 0.2) is 84.0 Å². The summed E-state index contributed by atoms with van der Waals surface area (Å²) >= 11 is 1.21. The van der Waals surface area contributed by atoms with Crippen molar-refractivity contribution < 1.29 is 18.7 Å². The first-order valence-electron chi connectivity index (χ1n) is 13.3. The summed E-state index contributed by atoms with van der Waals surface area (Å²) in [6.45, 7) is 3.87. The second kappa shape index (κ2) is 14.0. The van der Waals surface area contributed by atoms with Gasteiger partial charge in [-0.15, -0.1) is 0 Å². The summed E-state index contributed by atoms with van der Waals surface area (Å²) in [4.78, 5) is 40.2. The molecule has 4 rings (SSSR count). The van der Waals surface area contributed by atoms with Crippen molar-refractivity contribution in [1.29, 1.82) is 0 Å². The van der Waals surface area contributed by atoms with E-state index < -0.39 is 17.8 Å². The molecule has 10 heteroatoms. The summed E-state index contributed by atoms with van der Waals surface area (Å²) in [5.74, 6) is -0.484. The van der Waals surface area contributed by atoms with Crippen molar-refractivity contribution in [2.75, 3.05) is 37.2 Å². The number of thioether (sulfide) groups is 1. The molecule has 0 unspecified atom stereocenters. The summed E-state index contributed by atoms with van der Waals surface area (Å²) in [5.41, 5.74) is 4.44. The van der Waals surface area contributed by atoms with E-state index in [0.29, 0.717) is 22.2 Å². The molecule has 0 aliphatic heterocycles. The van der Waals surface area contributed by atoms with Gasteiger partial charge in [-0.1, -0.05) is 36.0 Å². The largest absolute Gasteiger partial charge is 0.497 e. The lowest BCUT2D eigenvalue weighted by Crippen LogP contribution is -2.41. The second-order valence-corrected chi connectivity index (χ2v) is 10.9. The van der Waals surface area contributed by atoms with Gasteiger partial charge >= 0.3 is 0 Å². The van der Waals surface area contributed by atoms with Gasteiger partial charge in [-0.25, -0.2) is 14.4 Å². The Hall–Kier alpha value is -4.44. The van der Waals surface area contributed by atoms with Gasteiger partial charge in [0.2, 0.25) is 5.91 Å². The zero-order chi connectivity index (χ0) is 30.2. The Bertz CT molecular complexity index is 1490. The topological polar surface area (TPSA) is 87.7 Å². The maximum Gasteiger partial charge on any atom is 0.251 e. The number of rotatable bonds is 11. The number of nitrogens with zero attached hydrogens (tertiary/aromatic N) is 4. The predicted octanol–water partition coefficient (Wildman–Crippen LogP) is 5.81. The highest BCUT2D eigenvalue weighted by molar-refractivity contribution is 7.99. The lowest BCUT2D eigenvalue weighted by atomic mass is 10.0. The van der Waals surface area contributed by atoms with Crippen LogP contribution >= 0.6 is 11.8 Å². The van der Waals surface area contributed by atoms with Gasteiger partial charge in [0.1, 0.15) is 17.6 Å². The highest BCUT2D eigenvalue weighted by Crippen LogP contribution is 2.28. The van der Waals surface area contributed by atoms with Gasteiger partial charge in [0.05, 0.1) is 12.9 Å². The number of hydrogen-bond acceptors (Lipinski definition) is 7. The van der Waals surface area contributed by atoms with E-state index in [9.17, 15) is 14.0 Å². The van der Waals surface area contributed by atoms with E-state index in [-0.39, 0.29) is 18.2 Å². The number of aryl methyl sites for hydroxylation is 2. The first-order chi connectivity index (χ1) is 20.1. The number of hydrogen-bond donors (Lipinski definition) is 1. The summed E-state index contributed by atoms with van der Waals surface area (Å²) < 4.78 is 19.2. The van der Waals surface area contributed by atoms with Crippen LogP contribution in [0.5, 0.6) is 5.75 Å². The Morgan fingerprint density at radius 3 is 2.12 bits per heavy atom. The monoisotopic (exact) mass is 587 g/mol. The molecule has 0 spiro atoms. The molecule has 1 aromatic heterocycles. The lowest BCUT2D eigenvalue weighted by molar-refractivity contribution is -0.137. The summed E-state index contributed by atoms with van der Waals surface area (Å²) in [6, 6.07) is 21.1. The average Bonchev–Trinajstić information content (AvgIpc) is 2.96. The fraction of sp³-hybridized carbons (Fsp3) is 0.250. The van der Waals surface area contributed by atoms with Crippen molar-refractivity contribution in [3.05, 3.63) is 107 Å². The number of halogens is 1. The van der Waals surface area contributed by atoms with Crippen LogP contribution in [0.3, 0.4) is 0 Å². The number of anilines is 2. The van der Waals surface area contributed by atoms with Gasteiger partial charge in [-0.05, 0) is 79.6 Å². The molecule has 0 saturated heterocycles. The van der Waals surface area contributed by atoms with E-state index in [1.54, 1.807) is 31.4 Å². The van der Waals surface area contributed by atoms with E-state index >= 15 is 0 Å². The van der Waals surface area contributed by atoms with E-state index in [4.69, 9.17) is 4.74 Å². The quantitative estimate of drug-likeness (QED) is 0.175. The average molecular weight is 588 g/mol. The molecule has 0 bridgehead atoms. The Morgan fingerprint density at radius 2 is 1.55 bits per heavy atom. The number of benzene rings is 3. The normalized spacial score (nSPS) is 11.5. The number of methoxy groups -OCH3 is 1. The highest BCUT2D eigenvalue weighted by atomic mass is 32.2.